The number of rotatable bonds is 2. The van der Waals surface area contributed by atoms with Crippen LogP contribution in [0.2, 0.25) is 0 Å². The number of fused-ring (bicyclic) bond motifs is 5. The summed E-state index contributed by atoms with van der Waals surface area (Å²) in [5.74, 6) is 1.76. The number of hydrogen-bond donors (Lipinski definition) is 2. The van der Waals surface area contributed by atoms with Crippen molar-refractivity contribution < 1.29 is 24.5 Å². The molecule has 6 heteroatoms. The molecule has 1 saturated heterocycles. The van der Waals surface area contributed by atoms with E-state index in [0.29, 0.717) is 55.0 Å². The molecular weight excluding hydrogens is 406 g/mol. The summed E-state index contributed by atoms with van der Waals surface area (Å²) in [5.41, 5.74) is 0.272. The summed E-state index contributed by atoms with van der Waals surface area (Å²) in [6, 6.07) is 0. The van der Waals surface area contributed by atoms with Gasteiger partial charge in [-0.3, -0.25) is 4.79 Å². The predicted octanol–water partition coefficient (Wildman–Crippen LogP) is 4.69. The standard InChI is InChI=1S/C26H41NO5/c1-25-11-7-18(32-24(31)27-13-9-17(28)10-14-27)15-16(25)3-4-19-20-5-6-22(23(29)30)26(20,2)12-8-21(19)25/h16-22,28H,3-15H2,1-2H3,(H,29,30)/t16?,18?,19-,20-,21-,22?,25-,26-/m0/s1. The van der Waals surface area contributed by atoms with E-state index in [1.807, 2.05) is 0 Å². The number of likely N-dealkylation sites (tertiary alicyclic amines) is 1. The van der Waals surface area contributed by atoms with E-state index in [-0.39, 0.29) is 29.6 Å². The lowest BCUT2D eigenvalue weighted by molar-refractivity contribution is -0.154. The number of carboxylic acids is 1. The average Bonchev–Trinajstić information content (AvgIpc) is 3.12. The molecule has 1 amide bonds. The number of piperidine rings is 1. The fourth-order valence-electron chi connectivity index (χ4n) is 9.00. The number of ether oxygens (including phenoxy) is 1. The first-order valence-corrected chi connectivity index (χ1v) is 13.1. The highest BCUT2D eigenvalue weighted by molar-refractivity contribution is 5.71. The number of aliphatic carboxylic acids is 1. The van der Waals surface area contributed by atoms with Crippen molar-refractivity contribution in [2.75, 3.05) is 13.1 Å². The van der Waals surface area contributed by atoms with Gasteiger partial charge in [0.2, 0.25) is 0 Å². The maximum Gasteiger partial charge on any atom is 0.410 e. The van der Waals surface area contributed by atoms with Crippen LogP contribution >= 0.6 is 0 Å². The van der Waals surface area contributed by atoms with Gasteiger partial charge in [-0.1, -0.05) is 13.8 Å². The van der Waals surface area contributed by atoms with Gasteiger partial charge in [0.1, 0.15) is 6.10 Å². The highest BCUT2D eigenvalue weighted by atomic mass is 16.6. The molecule has 4 aliphatic carbocycles. The summed E-state index contributed by atoms with van der Waals surface area (Å²) in [6.45, 7) is 5.94. The van der Waals surface area contributed by atoms with Crippen molar-refractivity contribution in [1.82, 2.24) is 4.90 Å². The second kappa shape index (κ2) is 8.18. The summed E-state index contributed by atoms with van der Waals surface area (Å²) in [5, 5.41) is 19.5. The van der Waals surface area contributed by atoms with Crippen LogP contribution in [-0.2, 0) is 9.53 Å². The third-order valence-electron chi connectivity index (χ3n) is 10.9. The van der Waals surface area contributed by atoms with Gasteiger partial charge in [-0.15, -0.1) is 0 Å². The number of carbonyl (C=O) groups excluding carboxylic acids is 1. The third-order valence-corrected chi connectivity index (χ3v) is 10.9. The van der Waals surface area contributed by atoms with Crippen molar-refractivity contribution in [3.8, 4) is 0 Å². The summed E-state index contributed by atoms with van der Waals surface area (Å²) >= 11 is 0. The van der Waals surface area contributed by atoms with Crippen molar-refractivity contribution in [2.45, 2.75) is 96.7 Å². The fraction of sp³-hybridized carbons (Fsp3) is 0.923. The molecule has 0 radical (unpaired) electrons. The Balaban J connectivity index is 1.23. The molecule has 0 aromatic carbocycles. The molecule has 5 rings (SSSR count). The monoisotopic (exact) mass is 447 g/mol. The molecular formula is C26H41NO5. The van der Waals surface area contributed by atoms with Gasteiger partial charge in [-0.05, 0) is 105 Å². The Hall–Kier alpha value is -1.30. The van der Waals surface area contributed by atoms with Crippen LogP contribution in [0.4, 0.5) is 4.79 Å². The Labute approximate surface area is 192 Å². The van der Waals surface area contributed by atoms with Gasteiger partial charge in [0.25, 0.3) is 0 Å². The van der Waals surface area contributed by atoms with Gasteiger partial charge >= 0.3 is 12.1 Å². The molecule has 4 saturated carbocycles. The van der Waals surface area contributed by atoms with Gasteiger partial charge in [0.15, 0.2) is 0 Å². The van der Waals surface area contributed by atoms with Gasteiger partial charge in [-0.2, -0.15) is 0 Å². The van der Waals surface area contributed by atoms with Crippen molar-refractivity contribution in [3.63, 3.8) is 0 Å². The Bertz CT molecular complexity index is 748. The average molecular weight is 448 g/mol. The van der Waals surface area contributed by atoms with Gasteiger partial charge in [-0.25, -0.2) is 4.79 Å². The summed E-state index contributed by atoms with van der Waals surface area (Å²) in [6.07, 6.45) is 10.4. The SMILES string of the molecule is C[C@]12CCC(OC(=O)N3CCC(O)CC3)CC1CC[C@@H]1[C@@H]2CC[C@]2(C)C(C(=O)O)CC[C@@H]12. The number of hydrogen-bond acceptors (Lipinski definition) is 4. The highest BCUT2D eigenvalue weighted by Gasteiger charge is 2.61. The molecule has 5 fully saturated rings. The van der Waals surface area contributed by atoms with Crippen LogP contribution in [0.25, 0.3) is 0 Å². The number of carbonyl (C=O) groups is 2. The Morgan fingerprint density at radius 2 is 1.56 bits per heavy atom. The van der Waals surface area contributed by atoms with Crippen LogP contribution in [0.5, 0.6) is 0 Å². The van der Waals surface area contributed by atoms with E-state index >= 15 is 0 Å². The van der Waals surface area contributed by atoms with E-state index in [1.54, 1.807) is 4.90 Å². The molecule has 2 N–H and O–H groups in total. The van der Waals surface area contributed by atoms with Gasteiger partial charge < -0.3 is 19.8 Å². The number of amides is 1. The highest BCUT2D eigenvalue weighted by Crippen LogP contribution is 2.67. The maximum absolute atomic E-state index is 12.7. The first kappa shape index (κ1) is 22.5. The summed E-state index contributed by atoms with van der Waals surface area (Å²) in [7, 11) is 0. The zero-order valence-electron chi connectivity index (χ0n) is 19.8. The minimum Gasteiger partial charge on any atom is -0.481 e. The molecule has 32 heavy (non-hydrogen) atoms. The molecule has 5 aliphatic rings. The molecule has 0 aromatic heterocycles. The number of nitrogens with zero attached hydrogens (tertiary/aromatic N) is 1. The zero-order chi connectivity index (χ0) is 22.7. The quantitative estimate of drug-likeness (QED) is 0.641. The predicted molar refractivity (Wildman–Crippen MR) is 120 cm³/mol. The third kappa shape index (κ3) is 3.56. The number of carboxylic acid groups (broad SMARTS) is 1. The van der Waals surface area contributed by atoms with Crippen molar-refractivity contribution in [2.24, 2.45) is 40.4 Å². The Morgan fingerprint density at radius 3 is 2.28 bits per heavy atom. The maximum atomic E-state index is 12.7. The first-order chi connectivity index (χ1) is 15.2. The lowest BCUT2D eigenvalue weighted by atomic mass is 9.44. The molecule has 3 unspecified atom stereocenters. The van der Waals surface area contributed by atoms with Crippen LogP contribution in [0.3, 0.4) is 0 Å². The van der Waals surface area contributed by atoms with Crippen LogP contribution in [0, 0.1) is 40.4 Å². The van der Waals surface area contributed by atoms with E-state index < -0.39 is 5.97 Å². The number of aliphatic hydroxyl groups is 1. The van der Waals surface area contributed by atoms with Crippen LogP contribution in [0.1, 0.15) is 84.5 Å². The molecule has 8 atom stereocenters. The van der Waals surface area contributed by atoms with Crippen molar-refractivity contribution in [3.05, 3.63) is 0 Å². The van der Waals surface area contributed by atoms with Crippen LogP contribution in [-0.4, -0.2) is 52.5 Å². The molecule has 0 bridgehead atoms. The van der Waals surface area contributed by atoms with Crippen molar-refractivity contribution >= 4 is 12.1 Å². The smallest absolute Gasteiger partial charge is 0.410 e. The molecule has 0 aromatic rings. The van der Waals surface area contributed by atoms with E-state index in [9.17, 15) is 19.8 Å². The van der Waals surface area contributed by atoms with E-state index in [1.165, 1.54) is 12.8 Å². The second-order valence-electron chi connectivity index (χ2n) is 12.2. The van der Waals surface area contributed by atoms with Crippen LogP contribution < -0.4 is 0 Å². The van der Waals surface area contributed by atoms with Gasteiger partial charge in [0.05, 0.1) is 12.0 Å². The topological polar surface area (TPSA) is 87.1 Å². The molecule has 1 aliphatic heterocycles. The summed E-state index contributed by atoms with van der Waals surface area (Å²) in [4.78, 5) is 26.3. The Kier molecular flexibility index (Phi) is 5.75. The minimum atomic E-state index is -0.584. The molecule has 1 heterocycles. The van der Waals surface area contributed by atoms with E-state index in [0.717, 1.165) is 44.9 Å². The fourth-order valence-corrected chi connectivity index (χ4v) is 9.00. The minimum absolute atomic E-state index is 0.0145. The lowest BCUT2D eigenvalue weighted by Crippen LogP contribution is -2.54. The first-order valence-electron chi connectivity index (χ1n) is 13.1. The molecule has 180 valence electrons. The Morgan fingerprint density at radius 1 is 0.875 bits per heavy atom. The second-order valence-corrected chi connectivity index (χ2v) is 12.2. The largest absolute Gasteiger partial charge is 0.481 e. The number of aliphatic hydroxyl groups excluding tert-OH is 1. The van der Waals surface area contributed by atoms with Crippen molar-refractivity contribution in [1.29, 1.82) is 0 Å². The normalized spacial score (nSPS) is 46.7. The molecule has 6 nitrogen and oxygen atoms in total. The lowest BCUT2D eigenvalue weighted by Gasteiger charge is -2.60. The zero-order valence-corrected chi connectivity index (χ0v) is 19.8. The van der Waals surface area contributed by atoms with Gasteiger partial charge in [0, 0.05) is 13.1 Å². The van der Waals surface area contributed by atoms with E-state index in [2.05, 4.69) is 13.8 Å². The summed E-state index contributed by atoms with van der Waals surface area (Å²) < 4.78 is 5.96. The van der Waals surface area contributed by atoms with E-state index in [4.69, 9.17) is 4.74 Å². The van der Waals surface area contributed by atoms with Crippen LogP contribution in [0.15, 0.2) is 0 Å². The molecule has 0 spiro atoms.